The van der Waals surface area contributed by atoms with Gasteiger partial charge in [0, 0.05) is 23.6 Å². The molecule has 36 heavy (non-hydrogen) atoms. The summed E-state index contributed by atoms with van der Waals surface area (Å²) >= 11 is 7.71. The van der Waals surface area contributed by atoms with Gasteiger partial charge in [0.1, 0.15) is 10.8 Å². The quantitative estimate of drug-likeness (QED) is 0.208. The highest BCUT2D eigenvalue weighted by atomic mass is 35.5. The highest BCUT2D eigenvalue weighted by Gasteiger charge is 2.21. The molecule has 0 saturated carbocycles. The summed E-state index contributed by atoms with van der Waals surface area (Å²) in [4.78, 5) is 6.06. The highest BCUT2D eigenvalue weighted by molar-refractivity contribution is 7.90. The van der Waals surface area contributed by atoms with E-state index in [1.165, 1.54) is 18.4 Å². The van der Waals surface area contributed by atoms with Crippen LogP contribution in [-0.2, 0) is 9.84 Å². The summed E-state index contributed by atoms with van der Waals surface area (Å²) in [6.45, 7) is 13.7. The molecule has 0 N–H and O–H groups in total. The Hall–Kier alpha value is -2.28. The zero-order chi connectivity index (χ0) is 27.3. The Labute approximate surface area is 225 Å². The molecule has 3 rings (SSSR count). The summed E-state index contributed by atoms with van der Waals surface area (Å²) in [7, 11) is -3.27. The zero-order valence-corrected chi connectivity index (χ0v) is 24.4. The molecule has 3 aromatic rings. The van der Waals surface area contributed by atoms with Gasteiger partial charge in [-0.15, -0.1) is 29.5 Å². The van der Waals surface area contributed by atoms with E-state index < -0.39 is 9.84 Å². The van der Waals surface area contributed by atoms with E-state index >= 15 is 0 Å². The van der Waals surface area contributed by atoms with Gasteiger partial charge in [-0.3, -0.25) is 0 Å². The lowest BCUT2D eigenvalue weighted by molar-refractivity contribution is 0.602. The van der Waals surface area contributed by atoms with Crippen molar-refractivity contribution in [3.05, 3.63) is 83.7 Å². The average Bonchev–Trinajstić information content (AvgIpc) is 3.33. The van der Waals surface area contributed by atoms with Crippen LogP contribution >= 0.6 is 22.9 Å². The molecule has 0 aliphatic heterocycles. The Morgan fingerprint density at radius 2 is 1.58 bits per heavy atom. The molecular weight excluding hydrogens is 513 g/mol. The van der Waals surface area contributed by atoms with Crippen LogP contribution < -0.4 is 0 Å². The van der Waals surface area contributed by atoms with E-state index in [0.29, 0.717) is 5.88 Å². The molecule has 0 spiro atoms. The number of alkyl halides is 1. The molecule has 2 aromatic carbocycles. The maximum Gasteiger partial charge on any atom is 0.175 e. The van der Waals surface area contributed by atoms with Gasteiger partial charge in [-0.1, -0.05) is 58.9 Å². The van der Waals surface area contributed by atoms with Crippen molar-refractivity contribution in [2.45, 2.75) is 58.3 Å². The molecule has 0 amide bonds. The number of hydrogen-bond donors (Lipinski definition) is 0. The Balaban J connectivity index is 0.000000982. The minimum atomic E-state index is -3.27. The Kier molecular flexibility index (Phi) is 13.9. The molecule has 0 fully saturated rings. The first-order chi connectivity index (χ1) is 17.2. The van der Waals surface area contributed by atoms with Gasteiger partial charge in [-0.25, -0.2) is 17.8 Å². The molecule has 1 aromatic heterocycles. The van der Waals surface area contributed by atoms with Gasteiger partial charge in [-0.05, 0) is 60.4 Å². The van der Waals surface area contributed by atoms with E-state index in [9.17, 15) is 12.8 Å². The van der Waals surface area contributed by atoms with Crippen LogP contribution in [0.1, 0.15) is 58.4 Å². The van der Waals surface area contributed by atoms with E-state index in [2.05, 4.69) is 33.4 Å². The lowest BCUT2D eigenvalue weighted by Gasteiger charge is -2.10. The molecule has 0 aliphatic carbocycles. The molecule has 3 nitrogen and oxygen atoms in total. The van der Waals surface area contributed by atoms with Crippen molar-refractivity contribution in [1.29, 1.82) is 0 Å². The first-order valence-electron chi connectivity index (χ1n) is 12.1. The second kappa shape index (κ2) is 15.7. The van der Waals surface area contributed by atoms with Crippen LogP contribution in [-0.4, -0.2) is 25.5 Å². The van der Waals surface area contributed by atoms with Crippen LogP contribution in [0.3, 0.4) is 0 Å². The van der Waals surface area contributed by atoms with Crippen LogP contribution in [0.5, 0.6) is 0 Å². The molecule has 0 saturated heterocycles. The third-order valence-corrected chi connectivity index (χ3v) is 7.87. The number of hydrogen-bond acceptors (Lipinski definition) is 4. The van der Waals surface area contributed by atoms with Crippen molar-refractivity contribution in [1.82, 2.24) is 4.98 Å². The molecular formula is C29H37ClFNO2S2. The number of thiazole rings is 1. The van der Waals surface area contributed by atoms with Crippen molar-refractivity contribution in [2.75, 3.05) is 12.1 Å². The topological polar surface area (TPSA) is 47.0 Å². The third kappa shape index (κ3) is 8.99. The monoisotopic (exact) mass is 549 g/mol. The van der Waals surface area contributed by atoms with E-state index in [1.54, 1.807) is 47.7 Å². The van der Waals surface area contributed by atoms with Crippen LogP contribution in [0.4, 0.5) is 4.39 Å². The summed E-state index contributed by atoms with van der Waals surface area (Å²) in [5, 5.41) is 0.914. The predicted octanol–water partition coefficient (Wildman–Crippen LogP) is 9.31. The molecule has 0 aliphatic rings. The number of aromatic nitrogens is 1. The van der Waals surface area contributed by atoms with Crippen molar-refractivity contribution in [3.63, 3.8) is 0 Å². The zero-order valence-electron chi connectivity index (χ0n) is 22.0. The van der Waals surface area contributed by atoms with E-state index in [1.807, 2.05) is 19.9 Å². The minimum Gasteiger partial charge on any atom is -0.240 e. The lowest BCUT2D eigenvalue weighted by atomic mass is 10.0. The summed E-state index contributed by atoms with van der Waals surface area (Å²) in [5.41, 5.74) is 3.53. The maximum absolute atomic E-state index is 13.5. The minimum absolute atomic E-state index is 0.0516. The second-order valence-electron chi connectivity index (χ2n) is 7.77. The number of rotatable bonds is 8. The lowest BCUT2D eigenvalue weighted by Crippen LogP contribution is -1.99. The average molecular weight is 550 g/mol. The van der Waals surface area contributed by atoms with Crippen LogP contribution in [0, 0.1) is 5.82 Å². The van der Waals surface area contributed by atoms with Gasteiger partial charge < -0.3 is 0 Å². The third-order valence-electron chi connectivity index (χ3n) is 5.14. The molecule has 0 bridgehead atoms. The van der Waals surface area contributed by atoms with E-state index in [0.717, 1.165) is 45.1 Å². The Morgan fingerprint density at radius 3 is 2.03 bits per heavy atom. The first kappa shape index (κ1) is 31.7. The summed E-state index contributed by atoms with van der Waals surface area (Å²) in [5.74, 6) is 0.173. The standard InChI is InChI=1S/C23H23ClFNO2S2.C4H8.C2H6/c1-4-5-18(14-24)15(2)23-26-21(16-6-10-19(25)11-7-16)22(29-23)17-8-12-20(13-9-17)30(3,27)28;1-3-4-2;1-2/h5-13,15H,4,14H2,1-3H3;3H,1,4H2,2H3;1-2H3/b18-5-;;. The van der Waals surface area contributed by atoms with Gasteiger partial charge in [-0.2, -0.15) is 0 Å². The predicted molar refractivity (Wildman–Crippen MR) is 155 cm³/mol. The maximum atomic E-state index is 13.5. The van der Waals surface area contributed by atoms with Gasteiger partial charge in [0.15, 0.2) is 9.84 Å². The second-order valence-corrected chi connectivity index (χ2v) is 11.1. The molecule has 0 radical (unpaired) electrons. The molecule has 7 heteroatoms. The summed E-state index contributed by atoms with van der Waals surface area (Å²) in [6, 6.07) is 13.0. The van der Waals surface area contributed by atoms with E-state index in [-0.39, 0.29) is 16.6 Å². The Bertz CT molecular complexity index is 1220. The van der Waals surface area contributed by atoms with Crippen molar-refractivity contribution in [3.8, 4) is 21.7 Å². The largest absolute Gasteiger partial charge is 0.240 e. The van der Waals surface area contributed by atoms with Crippen molar-refractivity contribution >= 4 is 32.8 Å². The molecule has 1 atom stereocenters. The summed E-state index contributed by atoms with van der Waals surface area (Å²) in [6.07, 6.45) is 7.16. The van der Waals surface area contributed by atoms with Crippen LogP contribution in [0.15, 0.2) is 77.7 Å². The molecule has 196 valence electrons. The van der Waals surface area contributed by atoms with Crippen molar-refractivity contribution < 1.29 is 12.8 Å². The van der Waals surface area contributed by atoms with Gasteiger partial charge in [0.2, 0.25) is 0 Å². The van der Waals surface area contributed by atoms with Crippen LogP contribution in [0.2, 0.25) is 0 Å². The number of benzene rings is 2. The van der Waals surface area contributed by atoms with Gasteiger partial charge >= 0.3 is 0 Å². The fourth-order valence-corrected chi connectivity index (χ4v) is 5.30. The Morgan fingerprint density at radius 1 is 1.06 bits per heavy atom. The normalized spacial score (nSPS) is 12.1. The SMILES string of the molecule is C=CCC.CC.CC/C=C(/CCl)C(C)c1nc(-c2ccc(F)cc2)c(-c2ccc(S(C)(=O)=O)cc2)s1. The van der Waals surface area contributed by atoms with E-state index in [4.69, 9.17) is 16.6 Å². The fourth-order valence-electron chi connectivity index (χ4n) is 3.14. The number of halogens is 2. The summed E-state index contributed by atoms with van der Waals surface area (Å²) < 4.78 is 37.1. The van der Waals surface area contributed by atoms with Gasteiger partial charge in [0.25, 0.3) is 0 Å². The van der Waals surface area contributed by atoms with Crippen LogP contribution in [0.25, 0.3) is 21.7 Å². The van der Waals surface area contributed by atoms with Crippen molar-refractivity contribution in [2.24, 2.45) is 0 Å². The first-order valence-corrected chi connectivity index (χ1v) is 15.3. The fraction of sp³-hybridized carbons (Fsp3) is 0.345. The molecule has 1 heterocycles. The smallest absolute Gasteiger partial charge is 0.175 e. The van der Waals surface area contributed by atoms with Gasteiger partial charge in [0.05, 0.1) is 15.5 Å². The number of nitrogens with zero attached hydrogens (tertiary/aromatic N) is 1. The molecule has 1 unspecified atom stereocenters. The number of allylic oxidation sites excluding steroid dienone is 3. The number of sulfone groups is 1. The highest BCUT2D eigenvalue weighted by Crippen LogP contribution is 2.41.